The molecule has 0 saturated heterocycles. The number of hydrogen-bond acceptors (Lipinski definition) is 5. The summed E-state index contributed by atoms with van der Waals surface area (Å²) in [7, 11) is 4.78. The van der Waals surface area contributed by atoms with Crippen LogP contribution in [0.5, 0.6) is 17.2 Å². The largest absolute Gasteiger partial charge is 0.496 e. The van der Waals surface area contributed by atoms with E-state index in [2.05, 4.69) is 48.3 Å². The van der Waals surface area contributed by atoms with Crippen LogP contribution in [0.1, 0.15) is 49.3 Å². The fourth-order valence-corrected chi connectivity index (χ4v) is 3.66. The summed E-state index contributed by atoms with van der Waals surface area (Å²) < 4.78 is 16.2. The average Bonchev–Trinajstić information content (AvgIpc) is 3.62. The first kappa shape index (κ1) is 22.9. The lowest BCUT2D eigenvalue weighted by Crippen LogP contribution is -2.37. The molecule has 0 aliphatic heterocycles. The normalized spacial score (nSPS) is 13.4. The van der Waals surface area contributed by atoms with Crippen molar-refractivity contribution < 1.29 is 19.0 Å². The minimum Gasteiger partial charge on any atom is -0.496 e. The van der Waals surface area contributed by atoms with Gasteiger partial charge in [0.25, 0.3) is 0 Å². The van der Waals surface area contributed by atoms with E-state index in [1.807, 2.05) is 6.07 Å². The van der Waals surface area contributed by atoms with Gasteiger partial charge >= 0.3 is 0 Å². The third-order valence-corrected chi connectivity index (χ3v) is 5.70. The first-order valence-corrected chi connectivity index (χ1v) is 10.8. The zero-order valence-electron chi connectivity index (χ0n) is 19.2. The molecule has 2 aromatic rings. The maximum atomic E-state index is 12.7. The first-order valence-electron chi connectivity index (χ1n) is 10.8. The topological polar surface area (TPSA) is 60.0 Å². The highest BCUT2D eigenvalue weighted by Gasteiger charge is 2.30. The smallest absolute Gasteiger partial charge is 0.234 e. The third-order valence-electron chi connectivity index (χ3n) is 5.70. The maximum absolute atomic E-state index is 12.7. The number of nitrogens with zero attached hydrogens (tertiary/aromatic N) is 1. The van der Waals surface area contributed by atoms with E-state index in [1.54, 1.807) is 27.4 Å². The molecule has 1 saturated carbocycles. The number of carbonyl (C=O) groups is 1. The highest BCUT2D eigenvalue weighted by Crippen LogP contribution is 2.34. The van der Waals surface area contributed by atoms with E-state index in [9.17, 15) is 4.79 Å². The average molecular weight is 427 g/mol. The Morgan fingerprint density at radius 2 is 1.61 bits per heavy atom. The van der Waals surface area contributed by atoms with Crippen molar-refractivity contribution in [2.45, 2.75) is 51.7 Å². The third kappa shape index (κ3) is 6.14. The van der Waals surface area contributed by atoms with Crippen molar-refractivity contribution in [3.63, 3.8) is 0 Å². The summed E-state index contributed by atoms with van der Waals surface area (Å²) in [5.41, 5.74) is 3.42. The zero-order valence-corrected chi connectivity index (χ0v) is 19.2. The molecule has 0 unspecified atom stereocenters. The number of benzene rings is 2. The minimum atomic E-state index is 0.00235. The minimum absolute atomic E-state index is 0.00235. The molecule has 2 aromatic carbocycles. The second kappa shape index (κ2) is 10.5. The van der Waals surface area contributed by atoms with E-state index in [0.717, 1.165) is 24.9 Å². The molecule has 0 heterocycles. The highest BCUT2D eigenvalue weighted by atomic mass is 16.5. The van der Waals surface area contributed by atoms with Crippen molar-refractivity contribution >= 4 is 5.91 Å². The standard InChI is InChI=1S/C25H34N2O4/c1-17(2)19-8-6-18(7-9-19)15-27(21-10-11-21)16-25(28)26-14-20-12-23(30-4)24(31-5)13-22(20)29-3/h6-9,12-13,17,21H,10-11,14-16H2,1-5H3,(H,26,28). The molecule has 0 aromatic heterocycles. The second-order valence-corrected chi connectivity index (χ2v) is 8.33. The number of amides is 1. The van der Waals surface area contributed by atoms with E-state index < -0.39 is 0 Å². The van der Waals surface area contributed by atoms with Gasteiger partial charge in [-0.1, -0.05) is 38.1 Å². The number of methoxy groups -OCH3 is 3. The Balaban J connectivity index is 1.61. The molecular weight excluding hydrogens is 392 g/mol. The van der Waals surface area contributed by atoms with Gasteiger partial charge in [-0.25, -0.2) is 0 Å². The summed E-state index contributed by atoms with van der Waals surface area (Å²) >= 11 is 0. The molecule has 1 fully saturated rings. The van der Waals surface area contributed by atoms with Gasteiger partial charge in [0, 0.05) is 30.8 Å². The lowest BCUT2D eigenvalue weighted by Gasteiger charge is -2.22. The van der Waals surface area contributed by atoms with Crippen LogP contribution < -0.4 is 19.5 Å². The Hall–Kier alpha value is -2.73. The molecule has 1 N–H and O–H groups in total. The molecule has 0 atom stereocenters. The molecule has 168 valence electrons. The summed E-state index contributed by atoms with van der Waals surface area (Å²) in [5.74, 6) is 2.38. The Morgan fingerprint density at radius 1 is 1.00 bits per heavy atom. The molecule has 0 bridgehead atoms. The van der Waals surface area contributed by atoms with E-state index in [4.69, 9.17) is 14.2 Å². The predicted octanol–water partition coefficient (Wildman–Crippen LogP) is 4.12. The molecule has 6 nitrogen and oxygen atoms in total. The van der Waals surface area contributed by atoms with Gasteiger partial charge in [0.1, 0.15) is 5.75 Å². The second-order valence-electron chi connectivity index (χ2n) is 8.33. The van der Waals surface area contributed by atoms with E-state index >= 15 is 0 Å². The van der Waals surface area contributed by atoms with Crippen LogP contribution in [0.3, 0.4) is 0 Å². The van der Waals surface area contributed by atoms with Gasteiger partial charge in [-0.3, -0.25) is 9.69 Å². The zero-order chi connectivity index (χ0) is 22.4. The van der Waals surface area contributed by atoms with Gasteiger partial charge in [-0.2, -0.15) is 0 Å². The molecule has 0 radical (unpaired) electrons. The van der Waals surface area contributed by atoms with Gasteiger partial charge in [0.15, 0.2) is 11.5 Å². The first-order chi connectivity index (χ1) is 14.9. The summed E-state index contributed by atoms with van der Waals surface area (Å²) in [6, 6.07) is 12.8. The number of carbonyl (C=O) groups excluding carboxylic acids is 1. The molecule has 1 aliphatic carbocycles. The Kier molecular flexibility index (Phi) is 7.80. The van der Waals surface area contributed by atoms with E-state index in [-0.39, 0.29) is 5.91 Å². The lowest BCUT2D eigenvalue weighted by atomic mass is 10.0. The van der Waals surface area contributed by atoms with E-state index in [0.29, 0.717) is 42.3 Å². The van der Waals surface area contributed by atoms with Gasteiger partial charge in [0.05, 0.1) is 27.9 Å². The van der Waals surface area contributed by atoms with Crippen LogP contribution >= 0.6 is 0 Å². The highest BCUT2D eigenvalue weighted by molar-refractivity contribution is 5.78. The quantitative estimate of drug-likeness (QED) is 0.586. The molecule has 3 rings (SSSR count). The fourth-order valence-electron chi connectivity index (χ4n) is 3.66. The Bertz CT molecular complexity index is 876. The van der Waals surface area contributed by atoms with Gasteiger partial charge < -0.3 is 19.5 Å². The van der Waals surface area contributed by atoms with Crippen LogP contribution in [0.4, 0.5) is 0 Å². The summed E-state index contributed by atoms with van der Waals surface area (Å²) in [6.07, 6.45) is 2.31. The van der Waals surface area contributed by atoms with Crippen LogP contribution in [0.2, 0.25) is 0 Å². The van der Waals surface area contributed by atoms with Crippen molar-refractivity contribution in [1.82, 2.24) is 10.2 Å². The van der Waals surface area contributed by atoms with Crippen molar-refractivity contribution in [3.05, 3.63) is 53.1 Å². The molecule has 1 amide bonds. The number of rotatable bonds is 11. The summed E-state index contributed by atoms with van der Waals surface area (Å²) in [5, 5.41) is 3.03. The molecular formula is C25H34N2O4. The van der Waals surface area contributed by atoms with Gasteiger partial charge in [-0.05, 0) is 36.0 Å². The van der Waals surface area contributed by atoms with Crippen LogP contribution in [0.15, 0.2) is 36.4 Å². The van der Waals surface area contributed by atoms with Crippen molar-refractivity contribution in [3.8, 4) is 17.2 Å². The Labute approximate surface area is 185 Å². The molecule has 1 aliphatic rings. The van der Waals surface area contributed by atoms with Crippen molar-refractivity contribution in [1.29, 1.82) is 0 Å². The lowest BCUT2D eigenvalue weighted by molar-refractivity contribution is -0.122. The predicted molar refractivity (Wildman–Crippen MR) is 122 cm³/mol. The van der Waals surface area contributed by atoms with Crippen molar-refractivity contribution in [2.24, 2.45) is 0 Å². The molecule has 31 heavy (non-hydrogen) atoms. The summed E-state index contributed by atoms with van der Waals surface area (Å²) in [6.45, 7) is 5.93. The molecule has 0 spiro atoms. The Morgan fingerprint density at radius 3 is 2.16 bits per heavy atom. The van der Waals surface area contributed by atoms with Crippen LogP contribution in [-0.4, -0.2) is 44.7 Å². The SMILES string of the molecule is COc1cc(OC)c(OC)cc1CNC(=O)CN(Cc1ccc(C(C)C)cc1)C1CC1. The number of nitrogens with one attached hydrogen (secondary N) is 1. The van der Waals surface area contributed by atoms with Gasteiger partial charge in [-0.15, -0.1) is 0 Å². The van der Waals surface area contributed by atoms with Gasteiger partial charge in [0.2, 0.25) is 5.91 Å². The monoisotopic (exact) mass is 426 g/mol. The van der Waals surface area contributed by atoms with E-state index in [1.165, 1.54) is 11.1 Å². The van der Waals surface area contributed by atoms with Crippen molar-refractivity contribution in [2.75, 3.05) is 27.9 Å². The maximum Gasteiger partial charge on any atom is 0.234 e. The van der Waals surface area contributed by atoms with Crippen LogP contribution in [0.25, 0.3) is 0 Å². The number of hydrogen-bond donors (Lipinski definition) is 1. The molecule has 6 heteroatoms. The number of ether oxygens (including phenoxy) is 3. The fraction of sp³-hybridized carbons (Fsp3) is 0.480. The summed E-state index contributed by atoms with van der Waals surface area (Å²) in [4.78, 5) is 15.0. The van der Waals surface area contributed by atoms with Crippen LogP contribution in [-0.2, 0) is 17.9 Å². The van der Waals surface area contributed by atoms with Crippen LogP contribution in [0, 0.1) is 0 Å².